The van der Waals surface area contributed by atoms with E-state index in [9.17, 15) is 0 Å². The van der Waals surface area contributed by atoms with Crippen LogP contribution in [-0.2, 0) is 6.54 Å². The summed E-state index contributed by atoms with van der Waals surface area (Å²) in [6, 6.07) is 8.53. The molecule has 2 rings (SSSR count). The summed E-state index contributed by atoms with van der Waals surface area (Å²) in [6.07, 6.45) is 6.53. The van der Waals surface area contributed by atoms with Gasteiger partial charge in [-0.2, -0.15) is 10.5 Å². The molecule has 1 aromatic heterocycles. The first-order valence-corrected chi connectivity index (χ1v) is 6.29. The van der Waals surface area contributed by atoms with Crippen molar-refractivity contribution < 1.29 is 0 Å². The van der Waals surface area contributed by atoms with Gasteiger partial charge in [0.2, 0.25) is 0 Å². The van der Waals surface area contributed by atoms with Crippen molar-refractivity contribution in [2.75, 3.05) is 6.54 Å². The predicted molar refractivity (Wildman–Crippen MR) is 67.2 cm³/mol. The van der Waals surface area contributed by atoms with E-state index in [0.717, 1.165) is 12.1 Å². The molecular formula is C14H16N4. The molecule has 4 heteroatoms. The summed E-state index contributed by atoms with van der Waals surface area (Å²) in [5.41, 5.74) is 1.50. The zero-order valence-electron chi connectivity index (χ0n) is 10.3. The molecule has 1 aliphatic carbocycles. The van der Waals surface area contributed by atoms with E-state index in [4.69, 9.17) is 10.5 Å². The van der Waals surface area contributed by atoms with E-state index in [1.165, 1.54) is 25.7 Å². The maximum Gasteiger partial charge on any atom is 0.140 e. The van der Waals surface area contributed by atoms with Gasteiger partial charge in [-0.25, -0.2) is 4.98 Å². The first-order valence-electron chi connectivity index (χ1n) is 6.29. The molecule has 0 radical (unpaired) electrons. The molecule has 1 aliphatic rings. The Labute approximate surface area is 107 Å². The molecule has 0 unspecified atom stereocenters. The molecule has 1 saturated carbocycles. The van der Waals surface area contributed by atoms with Crippen molar-refractivity contribution >= 4 is 0 Å². The lowest BCUT2D eigenvalue weighted by atomic mass is 10.1. The molecule has 0 aliphatic heterocycles. The molecule has 0 atom stereocenters. The van der Waals surface area contributed by atoms with Gasteiger partial charge in [-0.15, -0.1) is 0 Å². The fourth-order valence-electron chi connectivity index (χ4n) is 2.54. The van der Waals surface area contributed by atoms with Crippen LogP contribution in [0.5, 0.6) is 0 Å². The van der Waals surface area contributed by atoms with E-state index in [1.54, 1.807) is 12.3 Å². The lowest BCUT2D eigenvalue weighted by molar-refractivity contribution is 0.214. The fourth-order valence-corrected chi connectivity index (χ4v) is 2.54. The molecule has 92 valence electrons. The van der Waals surface area contributed by atoms with E-state index in [2.05, 4.69) is 16.0 Å². The normalized spacial score (nSPS) is 15.5. The Morgan fingerprint density at radius 3 is 2.78 bits per heavy atom. The van der Waals surface area contributed by atoms with Gasteiger partial charge in [0.05, 0.1) is 12.6 Å². The molecular weight excluding hydrogens is 224 g/mol. The number of hydrogen-bond acceptors (Lipinski definition) is 4. The van der Waals surface area contributed by atoms with Crippen LogP contribution < -0.4 is 0 Å². The molecule has 0 saturated heterocycles. The minimum Gasteiger partial charge on any atom is -0.283 e. The Hall–Kier alpha value is -1.91. The van der Waals surface area contributed by atoms with Crippen molar-refractivity contribution in [1.29, 1.82) is 10.5 Å². The SMILES string of the molecule is N#CCN(Cc1ccnc(C#N)c1)C1CCCC1. The van der Waals surface area contributed by atoms with Crippen LogP contribution in [0, 0.1) is 22.7 Å². The fraction of sp³-hybridized carbons (Fsp3) is 0.500. The van der Waals surface area contributed by atoms with Crippen LogP contribution in [0.1, 0.15) is 36.9 Å². The number of aromatic nitrogens is 1. The molecule has 0 N–H and O–H groups in total. The van der Waals surface area contributed by atoms with Gasteiger partial charge in [0, 0.05) is 18.8 Å². The highest BCUT2D eigenvalue weighted by atomic mass is 15.2. The van der Waals surface area contributed by atoms with Crippen molar-refractivity contribution in [3.05, 3.63) is 29.6 Å². The van der Waals surface area contributed by atoms with Crippen LogP contribution in [0.2, 0.25) is 0 Å². The van der Waals surface area contributed by atoms with Crippen LogP contribution in [0.25, 0.3) is 0 Å². The average molecular weight is 240 g/mol. The molecule has 0 aromatic carbocycles. The summed E-state index contributed by atoms with van der Waals surface area (Å²) >= 11 is 0. The first kappa shape index (κ1) is 12.5. The Kier molecular flexibility index (Phi) is 4.28. The van der Waals surface area contributed by atoms with Gasteiger partial charge in [0.25, 0.3) is 0 Å². The second-order valence-corrected chi connectivity index (χ2v) is 4.66. The lowest BCUT2D eigenvalue weighted by Crippen LogP contribution is -2.33. The van der Waals surface area contributed by atoms with E-state index < -0.39 is 0 Å². The standard InChI is InChI=1S/C14H16N4/c15-6-8-18(14-3-1-2-4-14)11-12-5-7-17-13(9-12)10-16/h5,7,9,14H,1-4,8,11H2. The Bertz CT molecular complexity index is 477. The minimum absolute atomic E-state index is 0.441. The minimum atomic E-state index is 0.441. The highest BCUT2D eigenvalue weighted by Gasteiger charge is 2.22. The third kappa shape index (κ3) is 3.06. The van der Waals surface area contributed by atoms with E-state index in [1.807, 2.05) is 12.1 Å². The monoisotopic (exact) mass is 240 g/mol. The van der Waals surface area contributed by atoms with Gasteiger partial charge in [-0.3, -0.25) is 4.90 Å². The first-order chi connectivity index (χ1) is 8.83. The highest BCUT2D eigenvalue weighted by molar-refractivity contribution is 5.25. The van der Waals surface area contributed by atoms with Crippen molar-refractivity contribution in [3.63, 3.8) is 0 Å². The Morgan fingerprint density at radius 2 is 2.11 bits per heavy atom. The van der Waals surface area contributed by atoms with Gasteiger partial charge in [-0.05, 0) is 30.5 Å². The van der Waals surface area contributed by atoms with Crippen LogP contribution in [0.4, 0.5) is 0 Å². The summed E-state index contributed by atoms with van der Waals surface area (Å²) < 4.78 is 0. The van der Waals surface area contributed by atoms with Crippen molar-refractivity contribution in [2.24, 2.45) is 0 Å². The molecule has 4 nitrogen and oxygen atoms in total. The molecule has 1 heterocycles. The molecule has 0 amide bonds. The summed E-state index contributed by atoms with van der Waals surface area (Å²) in [6.45, 7) is 1.18. The van der Waals surface area contributed by atoms with Crippen LogP contribution in [0.3, 0.4) is 0 Å². The summed E-state index contributed by atoms with van der Waals surface area (Å²) in [5, 5.41) is 17.8. The quantitative estimate of drug-likeness (QED) is 0.757. The van der Waals surface area contributed by atoms with Crippen LogP contribution in [0.15, 0.2) is 18.3 Å². The molecule has 0 spiro atoms. The number of rotatable bonds is 4. The molecule has 18 heavy (non-hydrogen) atoms. The average Bonchev–Trinajstić information content (AvgIpc) is 2.92. The Morgan fingerprint density at radius 1 is 1.33 bits per heavy atom. The van der Waals surface area contributed by atoms with E-state index in [0.29, 0.717) is 18.3 Å². The van der Waals surface area contributed by atoms with Crippen LogP contribution >= 0.6 is 0 Å². The van der Waals surface area contributed by atoms with Gasteiger partial charge < -0.3 is 0 Å². The second kappa shape index (κ2) is 6.14. The third-order valence-electron chi connectivity index (χ3n) is 3.44. The summed E-state index contributed by atoms with van der Waals surface area (Å²) in [5.74, 6) is 0. The Balaban J connectivity index is 2.08. The van der Waals surface area contributed by atoms with Gasteiger partial charge in [0.1, 0.15) is 11.8 Å². The van der Waals surface area contributed by atoms with Crippen molar-refractivity contribution in [3.8, 4) is 12.1 Å². The molecule has 1 aromatic rings. The predicted octanol–water partition coefficient (Wildman–Crippen LogP) is 2.22. The zero-order valence-corrected chi connectivity index (χ0v) is 10.3. The molecule has 0 bridgehead atoms. The second-order valence-electron chi connectivity index (χ2n) is 4.66. The summed E-state index contributed by atoms with van der Waals surface area (Å²) in [7, 11) is 0. The highest BCUT2D eigenvalue weighted by Crippen LogP contribution is 2.24. The van der Waals surface area contributed by atoms with Gasteiger partial charge in [0.15, 0.2) is 0 Å². The number of hydrogen-bond donors (Lipinski definition) is 0. The topological polar surface area (TPSA) is 63.7 Å². The molecule has 1 fully saturated rings. The maximum atomic E-state index is 8.92. The largest absolute Gasteiger partial charge is 0.283 e. The van der Waals surface area contributed by atoms with Crippen molar-refractivity contribution in [1.82, 2.24) is 9.88 Å². The van der Waals surface area contributed by atoms with Gasteiger partial charge >= 0.3 is 0 Å². The van der Waals surface area contributed by atoms with E-state index >= 15 is 0 Å². The third-order valence-corrected chi connectivity index (χ3v) is 3.44. The smallest absolute Gasteiger partial charge is 0.140 e. The number of pyridine rings is 1. The number of nitrogens with zero attached hydrogens (tertiary/aromatic N) is 4. The van der Waals surface area contributed by atoms with Gasteiger partial charge in [-0.1, -0.05) is 12.8 Å². The summed E-state index contributed by atoms with van der Waals surface area (Å²) in [4.78, 5) is 6.18. The number of nitriles is 2. The zero-order chi connectivity index (χ0) is 12.8. The van der Waals surface area contributed by atoms with Crippen molar-refractivity contribution in [2.45, 2.75) is 38.3 Å². The maximum absolute atomic E-state index is 8.92. The van der Waals surface area contributed by atoms with Crippen LogP contribution in [-0.4, -0.2) is 22.5 Å². The van der Waals surface area contributed by atoms with E-state index in [-0.39, 0.29) is 0 Å². The lowest BCUT2D eigenvalue weighted by Gasteiger charge is -2.26.